The van der Waals surface area contributed by atoms with E-state index in [4.69, 9.17) is 11.6 Å². The first kappa shape index (κ1) is 6.52. The van der Waals surface area contributed by atoms with Crippen molar-refractivity contribution in [3.63, 3.8) is 0 Å². The molecule has 3 heteroatoms. The van der Waals surface area contributed by atoms with Gasteiger partial charge in [-0.1, -0.05) is 17.7 Å². The lowest BCUT2D eigenvalue weighted by atomic mass is 10.3. The molecule has 1 aromatic rings. The highest BCUT2D eigenvalue weighted by atomic mass is 35.5. The summed E-state index contributed by atoms with van der Waals surface area (Å²) in [6.45, 7) is 0. The zero-order chi connectivity index (χ0) is 6.69. The number of hydrogen-bond donors (Lipinski definition) is 0. The van der Waals surface area contributed by atoms with Gasteiger partial charge in [0.1, 0.15) is 0 Å². The van der Waals surface area contributed by atoms with E-state index in [1.807, 2.05) is 0 Å². The molecule has 0 fully saturated rings. The molecular weight excluding hydrogens is 138 g/mol. The molecule has 0 aliphatic rings. The Bertz CT molecular complexity index is 176. The first-order valence-electron chi connectivity index (χ1n) is 2.50. The van der Waals surface area contributed by atoms with Gasteiger partial charge in [0.15, 0.2) is 5.56 Å². The fraction of sp³-hybridized carbons (Fsp3) is 0.167. The Hall–Kier alpha value is -0.600. The Kier molecular flexibility index (Phi) is 2.03. The van der Waals surface area contributed by atoms with Gasteiger partial charge in [-0.25, -0.2) is 5.11 Å². The van der Waals surface area contributed by atoms with E-state index in [-0.39, 0.29) is 0 Å². The van der Waals surface area contributed by atoms with Gasteiger partial charge < -0.3 is 0 Å². The predicted molar refractivity (Wildman–Crippen MR) is 33.5 cm³/mol. The Morgan fingerprint density at radius 1 is 1.67 bits per heavy atom. The van der Waals surface area contributed by atoms with Gasteiger partial charge in [0.05, 0.1) is 0 Å². The lowest BCUT2D eigenvalue weighted by Gasteiger charge is -1.95. The summed E-state index contributed by atoms with van der Waals surface area (Å²) in [6, 6.07) is 3.33. The van der Waals surface area contributed by atoms with Crippen LogP contribution in [0.4, 0.5) is 0 Å². The van der Waals surface area contributed by atoms with Crippen LogP contribution in [0.3, 0.4) is 0 Å². The van der Waals surface area contributed by atoms with Crippen molar-refractivity contribution in [2.45, 2.75) is 5.56 Å². The summed E-state index contributed by atoms with van der Waals surface area (Å²) in [5.41, 5.74) is -0.669. The molecule has 0 bridgehead atoms. The van der Waals surface area contributed by atoms with Crippen molar-refractivity contribution in [1.29, 1.82) is 0 Å². The number of alkyl halides is 1. The maximum Gasteiger partial charge on any atom is 0.193 e. The Labute approximate surface area is 58.1 Å². The van der Waals surface area contributed by atoms with Crippen LogP contribution in [0.15, 0.2) is 24.5 Å². The van der Waals surface area contributed by atoms with Gasteiger partial charge in [-0.3, -0.25) is 4.98 Å². The highest BCUT2D eigenvalue weighted by Crippen LogP contribution is 2.14. The summed E-state index contributed by atoms with van der Waals surface area (Å²) in [7, 11) is 0. The Balaban J connectivity index is 2.85. The van der Waals surface area contributed by atoms with Crippen molar-refractivity contribution in [2.75, 3.05) is 0 Å². The standard InChI is InChI=1S/C6H5ClNO/c7-6(9)5-2-1-3-8-4-5/h1-4,6H. The highest BCUT2D eigenvalue weighted by Gasteiger charge is 2.01. The summed E-state index contributed by atoms with van der Waals surface area (Å²) in [4.78, 5) is 3.72. The Morgan fingerprint density at radius 2 is 2.44 bits per heavy atom. The highest BCUT2D eigenvalue weighted by molar-refractivity contribution is 6.19. The fourth-order valence-electron chi connectivity index (χ4n) is 0.510. The van der Waals surface area contributed by atoms with Gasteiger partial charge in [-0.05, 0) is 6.07 Å². The van der Waals surface area contributed by atoms with Crippen LogP contribution in [0.2, 0.25) is 0 Å². The molecular formula is C6H5ClNO. The van der Waals surface area contributed by atoms with Crippen LogP contribution >= 0.6 is 11.6 Å². The van der Waals surface area contributed by atoms with Crippen LogP contribution in [0.1, 0.15) is 11.1 Å². The van der Waals surface area contributed by atoms with Crippen molar-refractivity contribution in [3.05, 3.63) is 30.1 Å². The van der Waals surface area contributed by atoms with E-state index in [1.54, 1.807) is 18.3 Å². The first-order chi connectivity index (χ1) is 4.30. The average molecular weight is 143 g/mol. The predicted octanol–water partition coefficient (Wildman–Crippen LogP) is 1.75. The number of halogens is 1. The minimum Gasteiger partial charge on any atom is -0.264 e. The van der Waals surface area contributed by atoms with Crippen LogP contribution in [0.25, 0.3) is 0 Å². The van der Waals surface area contributed by atoms with Crippen LogP contribution in [0.5, 0.6) is 0 Å². The number of nitrogens with zero attached hydrogens (tertiary/aromatic N) is 1. The monoisotopic (exact) mass is 142 g/mol. The quantitative estimate of drug-likeness (QED) is 0.550. The van der Waals surface area contributed by atoms with E-state index in [1.165, 1.54) is 6.20 Å². The lowest BCUT2D eigenvalue weighted by molar-refractivity contribution is 0.160. The summed E-state index contributed by atoms with van der Waals surface area (Å²) in [5.74, 6) is 0. The second-order valence-corrected chi connectivity index (χ2v) is 2.00. The molecule has 0 spiro atoms. The normalized spacial score (nSPS) is 13.1. The second kappa shape index (κ2) is 2.80. The lowest BCUT2D eigenvalue weighted by Crippen LogP contribution is -1.84. The molecule has 0 aliphatic carbocycles. The molecule has 1 radical (unpaired) electrons. The van der Waals surface area contributed by atoms with Crippen molar-refractivity contribution in [3.8, 4) is 0 Å². The third-order valence-electron chi connectivity index (χ3n) is 0.946. The number of aromatic nitrogens is 1. The van der Waals surface area contributed by atoms with E-state index < -0.39 is 5.56 Å². The van der Waals surface area contributed by atoms with E-state index in [0.29, 0.717) is 5.56 Å². The average Bonchev–Trinajstić information content (AvgIpc) is 1.90. The molecule has 1 heterocycles. The molecule has 1 aromatic heterocycles. The van der Waals surface area contributed by atoms with Crippen LogP contribution in [-0.4, -0.2) is 4.98 Å². The third kappa shape index (κ3) is 1.66. The smallest absolute Gasteiger partial charge is 0.193 e. The number of hydrogen-bond acceptors (Lipinski definition) is 1. The van der Waals surface area contributed by atoms with Gasteiger partial charge in [-0.2, -0.15) is 0 Å². The molecule has 47 valence electrons. The van der Waals surface area contributed by atoms with Gasteiger partial charge in [0.25, 0.3) is 0 Å². The zero-order valence-electron chi connectivity index (χ0n) is 4.62. The Morgan fingerprint density at radius 3 is 2.78 bits per heavy atom. The van der Waals surface area contributed by atoms with E-state index in [2.05, 4.69) is 4.98 Å². The van der Waals surface area contributed by atoms with Gasteiger partial charge >= 0.3 is 0 Å². The zero-order valence-corrected chi connectivity index (χ0v) is 5.38. The van der Waals surface area contributed by atoms with Crippen molar-refractivity contribution < 1.29 is 5.11 Å². The summed E-state index contributed by atoms with van der Waals surface area (Å²) in [6.07, 6.45) is 3.06. The van der Waals surface area contributed by atoms with E-state index in [0.717, 1.165) is 0 Å². The van der Waals surface area contributed by atoms with Crippen molar-refractivity contribution in [1.82, 2.24) is 4.98 Å². The largest absolute Gasteiger partial charge is 0.264 e. The van der Waals surface area contributed by atoms with E-state index in [9.17, 15) is 5.11 Å². The van der Waals surface area contributed by atoms with Crippen LogP contribution in [0, 0.1) is 0 Å². The number of pyridine rings is 1. The molecule has 2 nitrogen and oxygen atoms in total. The molecule has 0 saturated carbocycles. The molecule has 1 rings (SSSR count). The molecule has 0 saturated heterocycles. The second-order valence-electron chi connectivity index (χ2n) is 1.60. The summed E-state index contributed by atoms with van der Waals surface area (Å²) < 4.78 is 0. The summed E-state index contributed by atoms with van der Waals surface area (Å²) in [5, 5.41) is 10.5. The molecule has 0 amide bonds. The molecule has 1 unspecified atom stereocenters. The molecule has 0 N–H and O–H groups in total. The maximum absolute atomic E-state index is 10.5. The summed E-state index contributed by atoms with van der Waals surface area (Å²) >= 11 is 5.21. The molecule has 1 atom stereocenters. The van der Waals surface area contributed by atoms with Gasteiger partial charge in [0.2, 0.25) is 0 Å². The van der Waals surface area contributed by atoms with Crippen LogP contribution < -0.4 is 0 Å². The molecule has 0 aliphatic heterocycles. The van der Waals surface area contributed by atoms with Crippen molar-refractivity contribution >= 4 is 11.6 Å². The number of rotatable bonds is 1. The SMILES string of the molecule is [O]C(Cl)c1cccnc1. The third-order valence-corrected chi connectivity index (χ3v) is 1.20. The van der Waals surface area contributed by atoms with Crippen LogP contribution in [-0.2, 0) is 5.11 Å². The fourth-order valence-corrected chi connectivity index (χ4v) is 0.639. The van der Waals surface area contributed by atoms with E-state index >= 15 is 0 Å². The topological polar surface area (TPSA) is 32.8 Å². The minimum absolute atomic E-state index is 0.513. The van der Waals surface area contributed by atoms with Crippen molar-refractivity contribution in [2.24, 2.45) is 0 Å². The van der Waals surface area contributed by atoms with Gasteiger partial charge in [0, 0.05) is 18.0 Å². The maximum atomic E-state index is 10.5. The first-order valence-corrected chi connectivity index (χ1v) is 2.94. The molecule has 9 heavy (non-hydrogen) atoms. The van der Waals surface area contributed by atoms with Gasteiger partial charge in [-0.15, -0.1) is 0 Å². The minimum atomic E-state index is -1.18. The molecule has 0 aromatic carbocycles.